The van der Waals surface area contributed by atoms with Crippen molar-refractivity contribution >= 4 is 5.97 Å². The van der Waals surface area contributed by atoms with Gasteiger partial charge in [0.25, 0.3) is 0 Å². The molecular weight excluding hydrogens is 282 g/mol. The van der Waals surface area contributed by atoms with Gasteiger partial charge >= 0.3 is 11.8 Å². The number of nitrogens with two attached hydrogens (primary N) is 1. The molecule has 1 aliphatic heterocycles. The monoisotopic (exact) mass is 296 g/mol. The van der Waals surface area contributed by atoms with Crippen molar-refractivity contribution in [2.24, 2.45) is 10.8 Å². The molecule has 0 bridgehead atoms. The summed E-state index contributed by atoms with van der Waals surface area (Å²) in [5.41, 5.74) is 13.9. The Labute approximate surface area is 111 Å². The van der Waals surface area contributed by atoms with Crippen molar-refractivity contribution in [3.63, 3.8) is 0 Å². The smallest absolute Gasteiger partial charge is 0.372 e. The van der Waals surface area contributed by atoms with Crippen molar-refractivity contribution in [2.45, 2.75) is 42.7 Å². The molecule has 9 nitrogen and oxygen atoms in total. The molecule has 1 heterocycles. The van der Waals surface area contributed by atoms with Gasteiger partial charge in [0.05, 0.1) is 24.9 Å². The first-order valence-electron chi connectivity index (χ1n) is 5.60. The zero-order valence-corrected chi connectivity index (χ0v) is 10.1. The Bertz CT molecular complexity index is 421. The van der Waals surface area contributed by atoms with Crippen LogP contribution in [0, 0.1) is 0 Å². The van der Waals surface area contributed by atoms with Gasteiger partial charge in [0.2, 0.25) is 0 Å². The molecule has 20 heavy (non-hydrogen) atoms. The van der Waals surface area contributed by atoms with E-state index >= 15 is 0 Å². The number of carboxylic acids is 1. The van der Waals surface area contributed by atoms with Crippen LogP contribution in [0.25, 0.3) is 10.4 Å². The summed E-state index contributed by atoms with van der Waals surface area (Å²) < 4.78 is 32.4. The summed E-state index contributed by atoms with van der Waals surface area (Å²) >= 11 is 0. The minimum absolute atomic E-state index is 0.444. The Kier molecular flexibility index (Phi) is 5.20. The molecule has 1 saturated heterocycles. The van der Waals surface area contributed by atoms with Gasteiger partial charge in [0, 0.05) is 17.4 Å². The first kappa shape index (κ1) is 16.5. The third-order valence-electron chi connectivity index (χ3n) is 2.99. The number of alkyl halides is 2. The molecule has 0 aromatic carbocycles. The highest BCUT2D eigenvalue weighted by Crippen LogP contribution is 2.36. The fraction of sp³-hybridized carbons (Fsp3) is 0.889. The molecule has 11 heteroatoms. The van der Waals surface area contributed by atoms with E-state index in [2.05, 4.69) is 14.8 Å². The van der Waals surface area contributed by atoms with Gasteiger partial charge in [-0.05, 0) is 5.53 Å². The zero-order chi connectivity index (χ0) is 15.5. The lowest BCUT2D eigenvalue weighted by atomic mass is 9.88. The number of hydrogen-bond donors (Lipinski definition) is 4. The predicted molar refractivity (Wildman–Crippen MR) is 59.9 cm³/mol. The van der Waals surface area contributed by atoms with Gasteiger partial charge in [0.15, 0.2) is 6.17 Å². The molecule has 0 amide bonds. The molecule has 0 aromatic rings. The van der Waals surface area contributed by atoms with Crippen molar-refractivity contribution in [2.75, 3.05) is 6.61 Å². The molecule has 1 aliphatic rings. The lowest BCUT2D eigenvalue weighted by Crippen LogP contribution is -2.66. The summed E-state index contributed by atoms with van der Waals surface area (Å²) in [7, 11) is 0. The third kappa shape index (κ3) is 2.97. The number of halogens is 2. The van der Waals surface area contributed by atoms with Crippen LogP contribution in [0.3, 0.4) is 0 Å². The largest absolute Gasteiger partial charge is 0.477 e. The first-order valence-corrected chi connectivity index (χ1v) is 5.60. The topological polar surface area (TPSA) is 162 Å². The molecular formula is C9H14F2N4O5. The highest BCUT2D eigenvalue weighted by molar-refractivity contribution is 5.76. The van der Waals surface area contributed by atoms with E-state index in [4.69, 9.17) is 21.5 Å². The number of carbonyl (C=O) groups is 1. The van der Waals surface area contributed by atoms with Crippen LogP contribution in [0.1, 0.15) is 6.42 Å². The summed E-state index contributed by atoms with van der Waals surface area (Å²) in [6.07, 6.45) is -6.05. The summed E-state index contributed by atoms with van der Waals surface area (Å²) in [5, 5.41) is 29.6. The van der Waals surface area contributed by atoms with Gasteiger partial charge in [-0.1, -0.05) is 5.11 Å². The van der Waals surface area contributed by atoms with Crippen LogP contribution >= 0.6 is 0 Å². The third-order valence-corrected chi connectivity index (χ3v) is 2.99. The lowest BCUT2D eigenvalue weighted by molar-refractivity contribution is -0.257. The minimum atomic E-state index is -3.74. The summed E-state index contributed by atoms with van der Waals surface area (Å²) in [4.78, 5) is 13.1. The second-order valence-corrected chi connectivity index (χ2v) is 4.35. The van der Waals surface area contributed by atoms with Crippen LogP contribution in [0.15, 0.2) is 5.11 Å². The van der Waals surface area contributed by atoms with Crippen LogP contribution in [-0.2, 0) is 9.53 Å². The van der Waals surface area contributed by atoms with Gasteiger partial charge in [-0.3, -0.25) is 0 Å². The van der Waals surface area contributed by atoms with Crippen molar-refractivity contribution in [1.82, 2.24) is 0 Å². The molecule has 0 radical (unpaired) electrons. The van der Waals surface area contributed by atoms with Crippen LogP contribution in [0.5, 0.6) is 0 Å². The quantitative estimate of drug-likeness (QED) is 0.295. The number of carboxylic acid groups (broad SMARTS) is 1. The van der Waals surface area contributed by atoms with Gasteiger partial charge in [-0.25, -0.2) is 9.18 Å². The first-order chi connectivity index (χ1) is 9.27. The summed E-state index contributed by atoms with van der Waals surface area (Å²) in [6, 6.07) is -3.18. The summed E-state index contributed by atoms with van der Waals surface area (Å²) in [5.74, 6) is -5.98. The van der Waals surface area contributed by atoms with E-state index in [1.54, 1.807) is 0 Å². The second kappa shape index (κ2) is 6.29. The van der Waals surface area contributed by atoms with E-state index < -0.39 is 55.3 Å². The van der Waals surface area contributed by atoms with Crippen LogP contribution < -0.4 is 5.73 Å². The van der Waals surface area contributed by atoms with Gasteiger partial charge in [0.1, 0.15) is 0 Å². The molecule has 114 valence electrons. The SMILES string of the molecule is [N-]=[N+]=NC1C(N)C(C[C@H](O)CO)OC(F)(C(=O)O)C1F. The fourth-order valence-corrected chi connectivity index (χ4v) is 1.91. The van der Waals surface area contributed by atoms with Crippen LogP contribution in [0.4, 0.5) is 8.78 Å². The summed E-state index contributed by atoms with van der Waals surface area (Å²) in [6.45, 7) is -0.704. The number of aliphatic hydroxyl groups is 2. The number of aliphatic hydroxyl groups excluding tert-OH is 2. The Morgan fingerprint density at radius 2 is 2.25 bits per heavy atom. The number of rotatable bonds is 5. The highest BCUT2D eigenvalue weighted by Gasteiger charge is 2.60. The van der Waals surface area contributed by atoms with Gasteiger partial charge in [-0.2, -0.15) is 4.39 Å². The molecule has 0 saturated carbocycles. The second-order valence-electron chi connectivity index (χ2n) is 4.35. The highest BCUT2D eigenvalue weighted by atomic mass is 19.2. The van der Waals surface area contributed by atoms with Crippen LogP contribution in [0.2, 0.25) is 0 Å². The van der Waals surface area contributed by atoms with Crippen molar-refractivity contribution < 1.29 is 33.6 Å². The fourth-order valence-electron chi connectivity index (χ4n) is 1.91. The van der Waals surface area contributed by atoms with Crippen LogP contribution in [-0.4, -0.2) is 64.2 Å². The number of hydrogen-bond acceptors (Lipinski definition) is 6. The Hall–Kier alpha value is -1.52. The van der Waals surface area contributed by atoms with E-state index in [1.165, 1.54) is 0 Å². The number of azide groups is 1. The molecule has 0 spiro atoms. The van der Waals surface area contributed by atoms with E-state index in [0.717, 1.165) is 0 Å². The van der Waals surface area contributed by atoms with E-state index in [0.29, 0.717) is 0 Å². The number of nitrogens with zero attached hydrogens (tertiary/aromatic N) is 3. The van der Waals surface area contributed by atoms with Gasteiger partial charge in [-0.15, -0.1) is 0 Å². The Morgan fingerprint density at radius 1 is 1.65 bits per heavy atom. The normalized spacial score (nSPS) is 38.9. The standard InChI is InChI=1S/C9H14F2N4O5/c10-7-6(14-15-13)5(12)4(1-3(17)2-16)20-9(7,11)8(18)19/h3-7,16-17H,1-2,12H2,(H,18,19)/t3-,4?,5?,6?,7?,9?/m0/s1. The zero-order valence-electron chi connectivity index (χ0n) is 10.1. The molecule has 5 N–H and O–H groups in total. The van der Waals surface area contributed by atoms with Gasteiger partial charge < -0.3 is 25.8 Å². The molecule has 1 fully saturated rings. The van der Waals surface area contributed by atoms with Crippen molar-refractivity contribution in [3.8, 4) is 0 Å². The van der Waals surface area contributed by atoms with Crippen molar-refractivity contribution in [3.05, 3.63) is 10.4 Å². The molecule has 5 unspecified atom stereocenters. The molecule has 1 rings (SSSR count). The maximum absolute atomic E-state index is 14.1. The Morgan fingerprint density at radius 3 is 2.70 bits per heavy atom. The van der Waals surface area contributed by atoms with E-state index in [1.807, 2.05) is 0 Å². The maximum atomic E-state index is 14.1. The molecule has 0 aliphatic carbocycles. The molecule has 6 atom stereocenters. The average molecular weight is 296 g/mol. The Balaban J connectivity index is 3.09. The lowest BCUT2D eigenvalue weighted by Gasteiger charge is -2.42. The average Bonchev–Trinajstić information content (AvgIpc) is 2.40. The predicted octanol–water partition coefficient (Wildman–Crippen LogP) is -0.777. The molecule has 0 aromatic heterocycles. The van der Waals surface area contributed by atoms with E-state index in [-0.39, 0.29) is 0 Å². The minimum Gasteiger partial charge on any atom is -0.477 e. The van der Waals surface area contributed by atoms with Crippen molar-refractivity contribution in [1.29, 1.82) is 0 Å². The number of aliphatic carboxylic acids is 1. The number of ether oxygens (including phenoxy) is 1. The maximum Gasteiger partial charge on any atom is 0.372 e. The van der Waals surface area contributed by atoms with E-state index in [9.17, 15) is 18.7 Å².